The average molecular weight is 604 g/mol. The van der Waals surface area contributed by atoms with Crippen LogP contribution in [0.25, 0.3) is 0 Å². The Balaban J connectivity index is 0. The van der Waals surface area contributed by atoms with Crippen molar-refractivity contribution in [1.29, 1.82) is 0 Å². The van der Waals surface area contributed by atoms with E-state index in [0.717, 1.165) is 6.54 Å². The molecular weight excluding hydrogens is 528 g/mol. The highest BCUT2D eigenvalue weighted by atomic mass is 79.9. The molecule has 0 heterocycles. The van der Waals surface area contributed by atoms with Crippen LogP contribution in [0.15, 0.2) is 0 Å². The number of hydrogen-bond donors (Lipinski definition) is 2. The summed E-state index contributed by atoms with van der Waals surface area (Å²) >= 11 is 0. The molecule has 2 nitrogen and oxygen atoms in total. The van der Waals surface area contributed by atoms with Crippen LogP contribution >= 0.6 is 17.0 Å². The Hall–Kier alpha value is 0.400. The third-order valence-corrected chi connectivity index (χ3v) is 8.30. The molecule has 0 spiro atoms. The zero-order valence-corrected chi connectivity index (χ0v) is 29.0. The Morgan fingerprint density at radius 3 is 1.11 bits per heavy atom. The van der Waals surface area contributed by atoms with E-state index in [2.05, 4.69) is 45.3 Å². The summed E-state index contributed by atoms with van der Waals surface area (Å²) in [6, 6.07) is 0. The van der Waals surface area contributed by atoms with Crippen molar-refractivity contribution in [2.75, 3.05) is 6.54 Å². The first-order valence-electron chi connectivity index (χ1n) is 17.6. The van der Waals surface area contributed by atoms with E-state index >= 15 is 0 Å². The van der Waals surface area contributed by atoms with E-state index in [1.54, 1.807) is 0 Å². The monoisotopic (exact) mass is 603 g/mol. The standard InChI is InChI=1S/C35H74N2.BrH/c1-6-9-11-13-15-17-19-20-21-23-25-27-29-31-33-36-34(8-3)37-35(4,5)32-30-28-26-24-22-18-16-14-12-10-7-2;/h34,36-37H,6-33H2,1-5H3;1H. The fraction of sp³-hybridized carbons (Fsp3) is 1.00. The first-order chi connectivity index (χ1) is 18.1. The number of halogens is 1. The predicted octanol–water partition coefficient (Wildman–Crippen LogP) is 12.4. The van der Waals surface area contributed by atoms with Gasteiger partial charge in [0, 0.05) is 5.54 Å². The molecule has 3 heteroatoms. The minimum absolute atomic E-state index is 0. The third kappa shape index (κ3) is 30.9. The van der Waals surface area contributed by atoms with E-state index in [-0.39, 0.29) is 22.5 Å². The van der Waals surface area contributed by atoms with Crippen molar-refractivity contribution < 1.29 is 0 Å². The summed E-state index contributed by atoms with van der Waals surface area (Å²) in [7, 11) is 0. The molecule has 2 N–H and O–H groups in total. The molecule has 0 radical (unpaired) electrons. The number of unbranched alkanes of at least 4 members (excludes halogenated alkanes) is 23. The lowest BCUT2D eigenvalue weighted by Gasteiger charge is -2.32. The minimum Gasteiger partial charge on any atom is -0.302 e. The van der Waals surface area contributed by atoms with Gasteiger partial charge in [-0.1, -0.05) is 175 Å². The number of rotatable bonds is 31. The van der Waals surface area contributed by atoms with E-state index < -0.39 is 0 Å². The number of nitrogens with one attached hydrogen (secondary N) is 2. The molecule has 0 amide bonds. The topological polar surface area (TPSA) is 24.1 Å². The van der Waals surface area contributed by atoms with Gasteiger partial charge in [0.1, 0.15) is 0 Å². The summed E-state index contributed by atoms with van der Waals surface area (Å²) in [5.74, 6) is 0. The van der Waals surface area contributed by atoms with E-state index in [0.29, 0.717) is 6.17 Å². The average Bonchev–Trinajstić information content (AvgIpc) is 2.88. The zero-order valence-electron chi connectivity index (χ0n) is 27.3. The van der Waals surface area contributed by atoms with E-state index in [1.807, 2.05) is 0 Å². The summed E-state index contributed by atoms with van der Waals surface area (Å²) in [4.78, 5) is 0. The van der Waals surface area contributed by atoms with Crippen LogP contribution in [0.3, 0.4) is 0 Å². The highest BCUT2D eigenvalue weighted by molar-refractivity contribution is 8.93. The molecule has 1 atom stereocenters. The van der Waals surface area contributed by atoms with Crippen LogP contribution in [0, 0.1) is 0 Å². The van der Waals surface area contributed by atoms with Crippen LogP contribution in [0.5, 0.6) is 0 Å². The SMILES string of the molecule is Br.CCCCCCCCCCCCCCCCNC(CC)NC(C)(C)CCCCCCCCCCCCC. The van der Waals surface area contributed by atoms with Crippen molar-refractivity contribution in [3.05, 3.63) is 0 Å². The van der Waals surface area contributed by atoms with Crippen molar-refractivity contribution in [1.82, 2.24) is 10.6 Å². The van der Waals surface area contributed by atoms with Gasteiger partial charge >= 0.3 is 0 Å². The lowest BCUT2D eigenvalue weighted by atomic mass is 9.95. The van der Waals surface area contributed by atoms with Gasteiger partial charge in [0.25, 0.3) is 0 Å². The van der Waals surface area contributed by atoms with E-state index in [9.17, 15) is 0 Å². The molecule has 1 unspecified atom stereocenters. The maximum Gasteiger partial charge on any atom is 0.0573 e. The number of hydrogen-bond acceptors (Lipinski definition) is 2. The van der Waals surface area contributed by atoms with Crippen molar-refractivity contribution in [2.24, 2.45) is 0 Å². The summed E-state index contributed by atoms with van der Waals surface area (Å²) in [6.07, 6.45) is 38.7. The fourth-order valence-corrected chi connectivity index (χ4v) is 5.67. The molecule has 0 saturated heterocycles. The van der Waals surface area contributed by atoms with Crippen LogP contribution in [-0.2, 0) is 0 Å². The predicted molar refractivity (Wildman–Crippen MR) is 181 cm³/mol. The smallest absolute Gasteiger partial charge is 0.0573 e. The molecule has 0 aromatic rings. The summed E-state index contributed by atoms with van der Waals surface area (Å²) < 4.78 is 0. The molecule has 232 valence electrons. The Bertz CT molecular complexity index is 426. The normalized spacial score (nSPS) is 12.6. The van der Waals surface area contributed by atoms with Gasteiger partial charge in [-0.2, -0.15) is 0 Å². The molecule has 0 aliphatic heterocycles. The van der Waals surface area contributed by atoms with Crippen molar-refractivity contribution in [3.63, 3.8) is 0 Å². The van der Waals surface area contributed by atoms with Crippen LogP contribution in [-0.4, -0.2) is 18.2 Å². The van der Waals surface area contributed by atoms with Gasteiger partial charge in [0.05, 0.1) is 6.17 Å². The van der Waals surface area contributed by atoms with Gasteiger partial charge in [-0.05, 0) is 39.7 Å². The highest BCUT2D eigenvalue weighted by Crippen LogP contribution is 2.18. The first kappa shape index (κ1) is 40.5. The molecule has 0 aromatic carbocycles. The van der Waals surface area contributed by atoms with Crippen LogP contribution in [0.2, 0.25) is 0 Å². The molecule has 0 bridgehead atoms. The van der Waals surface area contributed by atoms with Gasteiger partial charge in [0.2, 0.25) is 0 Å². The summed E-state index contributed by atoms with van der Waals surface area (Å²) in [6.45, 7) is 12.9. The Labute approximate surface area is 253 Å². The quantitative estimate of drug-likeness (QED) is 0.0608. The largest absolute Gasteiger partial charge is 0.302 e. The molecule has 0 saturated carbocycles. The third-order valence-electron chi connectivity index (χ3n) is 8.30. The van der Waals surface area contributed by atoms with Crippen molar-refractivity contribution in [2.45, 2.75) is 220 Å². The van der Waals surface area contributed by atoms with Gasteiger partial charge in [-0.25, -0.2) is 0 Å². The fourth-order valence-electron chi connectivity index (χ4n) is 5.67. The second-order valence-electron chi connectivity index (χ2n) is 12.8. The molecule has 0 aliphatic rings. The van der Waals surface area contributed by atoms with Crippen molar-refractivity contribution in [3.8, 4) is 0 Å². The maximum atomic E-state index is 3.92. The molecular formula is C35H75BrN2. The first-order valence-corrected chi connectivity index (χ1v) is 17.6. The highest BCUT2D eigenvalue weighted by Gasteiger charge is 2.20. The van der Waals surface area contributed by atoms with Crippen LogP contribution < -0.4 is 10.6 Å². The Kier molecular flexibility index (Phi) is 34.1. The summed E-state index contributed by atoms with van der Waals surface area (Å²) in [5.41, 5.74) is 0.239. The van der Waals surface area contributed by atoms with Crippen molar-refractivity contribution >= 4 is 17.0 Å². The maximum absolute atomic E-state index is 3.92. The summed E-state index contributed by atoms with van der Waals surface area (Å²) in [5, 5.41) is 7.72. The second kappa shape index (κ2) is 31.9. The molecule has 0 aromatic heterocycles. The second-order valence-corrected chi connectivity index (χ2v) is 12.8. The van der Waals surface area contributed by atoms with Gasteiger partial charge in [0.15, 0.2) is 0 Å². The zero-order chi connectivity index (χ0) is 27.3. The molecule has 0 rings (SSSR count). The minimum atomic E-state index is 0. The van der Waals surface area contributed by atoms with Gasteiger partial charge in [-0.15, -0.1) is 17.0 Å². The van der Waals surface area contributed by atoms with E-state index in [4.69, 9.17) is 0 Å². The lowest BCUT2D eigenvalue weighted by molar-refractivity contribution is 0.269. The van der Waals surface area contributed by atoms with Crippen LogP contribution in [0.1, 0.15) is 208 Å². The molecule has 38 heavy (non-hydrogen) atoms. The van der Waals surface area contributed by atoms with E-state index in [1.165, 1.54) is 173 Å². The Morgan fingerprint density at radius 2 is 0.763 bits per heavy atom. The molecule has 0 aliphatic carbocycles. The van der Waals surface area contributed by atoms with Gasteiger partial charge < -0.3 is 5.32 Å². The lowest BCUT2D eigenvalue weighted by Crippen LogP contribution is -2.52. The van der Waals surface area contributed by atoms with Gasteiger partial charge in [-0.3, -0.25) is 5.32 Å². The Morgan fingerprint density at radius 1 is 0.447 bits per heavy atom. The molecule has 0 fully saturated rings. The van der Waals surface area contributed by atoms with Crippen LogP contribution in [0.4, 0.5) is 0 Å².